The number of rotatable bonds is 3. The van der Waals surface area contributed by atoms with Gasteiger partial charge >= 0.3 is 0 Å². The van der Waals surface area contributed by atoms with E-state index in [9.17, 15) is 5.11 Å². The van der Waals surface area contributed by atoms with Crippen LogP contribution in [0.15, 0.2) is 12.5 Å². The molecule has 0 saturated carbocycles. The van der Waals surface area contributed by atoms with Crippen molar-refractivity contribution in [2.24, 2.45) is 0 Å². The van der Waals surface area contributed by atoms with E-state index in [2.05, 4.69) is 18.4 Å². The van der Waals surface area contributed by atoms with Gasteiger partial charge in [-0.3, -0.25) is 0 Å². The van der Waals surface area contributed by atoms with Crippen molar-refractivity contribution in [2.45, 2.75) is 64.7 Å². The maximum absolute atomic E-state index is 9.89. The molecule has 1 aliphatic heterocycles. The van der Waals surface area contributed by atoms with Crippen LogP contribution in [0.2, 0.25) is 0 Å². The third-order valence-electron chi connectivity index (χ3n) is 3.31. The van der Waals surface area contributed by atoms with Crippen LogP contribution in [0.25, 0.3) is 0 Å². The minimum atomic E-state index is -0.379. The maximum atomic E-state index is 9.89. The normalized spacial score (nSPS) is 28.0. The van der Waals surface area contributed by atoms with Crippen LogP contribution in [0.5, 0.6) is 0 Å². The van der Waals surface area contributed by atoms with Gasteiger partial charge in [0.1, 0.15) is 5.60 Å². The molecular weight excluding hydrogens is 202 g/mol. The zero-order valence-electron chi connectivity index (χ0n) is 11.2. The van der Waals surface area contributed by atoms with E-state index in [0.29, 0.717) is 5.88 Å². The first-order chi connectivity index (χ1) is 7.17. The lowest BCUT2D eigenvalue weighted by atomic mass is 9.93. The molecule has 1 heterocycles. The first-order valence-corrected chi connectivity index (χ1v) is 6.00. The minimum Gasteiger partial charge on any atom is -0.474 e. The molecule has 0 aromatic heterocycles. The first-order valence-electron chi connectivity index (χ1n) is 6.00. The number of aliphatic hydroxyl groups is 1. The Morgan fingerprint density at radius 3 is 2.50 bits per heavy atom. The second kappa shape index (κ2) is 4.28. The van der Waals surface area contributed by atoms with Gasteiger partial charge < -0.3 is 14.7 Å². The monoisotopic (exact) mass is 227 g/mol. The summed E-state index contributed by atoms with van der Waals surface area (Å²) in [7, 11) is 0. The minimum absolute atomic E-state index is 0.234. The quantitative estimate of drug-likeness (QED) is 0.752. The van der Waals surface area contributed by atoms with Gasteiger partial charge in [-0.1, -0.05) is 0 Å². The number of likely N-dealkylation sites (tertiary alicyclic amines) is 1. The largest absolute Gasteiger partial charge is 0.474 e. The number of hydrogen-bond acceptors (Lipinski definition) is 3. The highest BCUT2D eigenvalue weighted by molar-refractivity contribution is 5.04. The lowest BCUT2D eigenvalue weighted by molar-refractivity contribution is -0.0465. The van der Waals surface area contributed by atoms with Crippen molar-refractivity contribution in [2.75, 3.05) is 6.54 Å². The summed E-state index contributed by atoms with van der Waals surface area (Å²) in [5.74, 6) is 0.674. The van der Waals surface area contributed by atoms with E-state index in [1.807, 2.05) is 27.7 Å². The fraction of sp³-hybridized carbons (Fsp3) is 0.846. The molecule has 1 saturated heterocycles. The van der Waals surface area contributed by atoms with Gasteiger partial charge in [-0.15, -0.1) is 0 Å². The summed E-state index contributed by atoms with van der Waals surface area (Å²) in [4.78, 5) is 2.10. The molecule has 94 valence electrons. The molecule has 1 N–H and O–H groups in total. The van der Waals surface area contributed by atoms with E-state index in [1.54, 1.807) is 0 Å². The molecule has 1 aliphatic rings. The highest BCUT2D eigenvalue weighted by Crippen LogP contribution is 2.36. The van der Waals surface area contributed by atoms with Crippen molar-refractivity contribution in [1.29, 1.82) is 0 Å². The van der Waals surface area contributed by atoms with Crippen molar-refractivity contribution < 1.29 is 9.84 Å². The number of ether oxygens (including phenoxy) is 1. The summed E-state index contributed by atoms with van der Waals surface area (Å²) in [6.07, 6.45) is 1.68. The molecule has 3 heteroatoms. The summed E-state index contributed by atoms with van der Waals surface area (Å²) in [5, 5.41) is 9.89. The zero-order chi connectivity index (χ0) is 12.6. The molecule has 2 unspecified atom stereocenters. The summed E-state index contributed by atoms with van der Waals surface area (Å²) in [5.41, 5.74) is -0.471. The lowest BCUT2D eigenvalue weighted by Crippen LogP contribution is -2.49. The maximum Gasteiger partial charge on any atom is 0.182 e. The van der Waals surface area contributed by atoms with E-state index in [-0.39, 0.29) is 17.2 Å². The smallest absolute Gasteiger partial charge is 0.182 e. The Bertz CT molecular complexity index is 268. The number of hydrogen-bond donors (Lipinski definition) is 1. The predicted octanol–water partition coefficient (Wildman–Crippen LogP) is 2.51. The molecule has 2 atom stereocenters. The van der Waals surface area contributed by atoms with E-state index in [4.69, 9.17) is 4.74 Å². The molecule has 0 aliphatic carbocycles. The van der Waals surface area contributed by atoms with Crippen molar-refractivity contribution in [3.8, 4) is 0 Å². The molecule has 0 aromatic carbocycles. The molecule has 0 bridgehead atoms. The standard InChI is InChI=1S/C13H25NO2/c1-10(15)13(6)8-7-9-14(13)11(2)16-12(3,4)5/h10,15H,2,7-9H2,1,3-6H3. The average Bonchev–Trinajstić information content (AvgIpc) is 2.45. The summed E-state index contributed by atoms with van der Waals surface area (Å²) in [6, 6.07) is 0. The Hall–Kier alpha value is -0.700. The molecule has 1 rings (SSSR count). The van der Waals surface area contributed by atoms with Gasteiger partial charge in [0.05, 0.1) is 11.6 Å². The third kappa shape index (κ3) is 2.70. The average molecular weight is 227 g/mol. The SMILES string of the molecule is C=C(OC(C)(C)C)N1CCCC1(C)C(C)O. The Morgan fingerprint density at radius 2 is 2.06 bits per heavy atom. The van der Waals surface area contributed by atoms with Crippen molar-refractivity contribution >= 4 is 0 Å². The summed E-state index contributed by atoms with van der Waals surface area (Å²) >= 11 is 0. The lowest BCUT2D eigenvalue weighted by Gasteiger charge is -2.41. The first kappa shape index (κ1) is 13.4. The molecule has 0 amide bonds. The van der Waals surface area contributed by atoms with Gasteiger partial charge in [-0.05, 0) is 54.0 Å². The number of aliphatic hydroxyl groups excluding tert-OH is 1. The van der Waals surface area contributed by atoms with Gasteiger partial charge in [0.2, 0.25) is 0 Å². The molecule has 1 fully saturated rings. The molecule has 0 radical (unpaired) electrons. The fourth-order valence-corrected chi connectivity index (χ4v) is 2.24. The van der Waals surface area contributed by atoms with Gasteiger partial charge in [0.15, 0.2) is 5.88 Å². The Labute approximate surface area is 99.1 Å². The third-order valence-corrected chi connectivity index (χ3v) is 3.31. The second-order valence-corrected chi connectivity index (χ2v) is 5.90. The topological polar surface area (TPSA) is 32.7 Å². The second-order valence-electron chi connectivity index (χ2n) is 5.90. The molecule has 0 spiro atoms. The number of nitrogens with zero attached hydrogens (tertiary/aromatic N) is 1. The van der Waals surface area contributed by atoms with Gasteiger partial charge in [0.25, 0.3) is 0 Å². The van der Waals surface area contributed by atoms with Crippen LogP contribution in [-0.4, -0.2) is 33.8 Å². The Balaban J connectivity index is 2.76. The van der Waals surface area contributed by atoms with Gasteiger partial charge in [-0.25, -0.2) is 0 Å². The predicted molar refractivity (Wildman–Crippen MR) is 66.0 cm³/mol. The van der Waals surface area contributed by atoms with Crippen LogP contribution in [0.3, 0.4) is 0 Å². The highest BCUT2D eigenvalue weighted by Gasteiger charge is 2.42. The summed E-state index contributed by atoms with van der Waals surface area (Å²) < 4.78 is 5.79. The van der Waals surface area contributed by atoms with Crippen molar-refractivity contribution in [3.05, 3.63) is 12.5 Å². The van der Waals surface area contributed by atoms with Gasteiger partial charge in [-0.2, -0.15) is 0 Å². The molecule has 16 heavy (non-hydrogen) atoms. The highest BCUT2D eigenvalue weighted by atomic mass is 16.5. The van der Waals surface area contributed by atoms with Gasteiger partial charge in [0, 0.05) is 6.54 Å². The van der Waals surface area contributed by atoms with Crippen LogP contribution in [0, 0.1) is 0 Å². The molecular formula is C13H25NO2. The van der Waals surface area contributed by atoms with Crippen molar-refractivity contribution in [3.63, 3.8) is 0 Å². The van der Waals surface area contributed by atoms with Crippen LogP contribution in [0.1, 0.15) is 47.5 Å². The Kier molecular flexibility index (Phi) is 3.58. The molecule has 3 nitrogen and oxygen atoms in total. The van der Waals surface area contributed by atoms with Crippen LogP contribution < -0.4 is 0 Å². The van der Waals surface area contributed by atoms with E-state index in [0.717, 1.165) is 19.4 Å². The van der Waals surface area contributed by atoms with Crippen LogP contribution in [-0.2, 0) is 4.74 Å². The van der Waals surface area contributed by atoms with Crippen molar-refractivity contribution in [1.82, 2.24) is 4.90 Å². The van der Waals surface area contributed by atoms with E-state index >= 15 is 0 Å². The molecule has 0 aromatic rings. The van der Waals surface area contributed by atoms with E-state index in [1.165, 1.54) is 0 Å². The fourth-order valence-electron chi connectivity index (χ4n) is 2.24. The van der Waals surface area contributed by atoms with Crippen LogP contribution in [0.4, 0.5) is 0 Å². The van der Waals surface area contributed by atoms with E-state index < -0.39 is 0 Å². The Morgan fingerprint density at radius 1 is 1.50 bits per heavy atom. The zero-order valence-corrected chi connectivity index (χ0v) is 11.2. The van der Waals surface area contributed by atoms with Crippen LogP contribution >= 0.6 is 0 Å². The summed E-state index contributed by atoms with van der Waals surface area (Å²) in [6.45, 7) is 14.8.